The van der Waals surface area contributed by atoms with Crippen molar-refractivity contribution in [3.63, 3.8) is 0 Å². The fourth-order valence-electron chi connectivity index (χ4n) is 5.53. The summed E-state index contributed by atoms with van der Waals surface area (Å²) in [6, 6.07) is 47.3. The van der Waals surface area contributed by atoms with Crippen LogP contribution in [0.1, 0.15) is 5.56 Å². The molecule has 6 nitrogen and oxygen atoms in total. The second kappa shape index (κ2) is 12.5. The first kappa shape index (κ1) is 28.7. The Kier molecular flexibility index (Phi) is 7.84. The molecule has 225 valence electrons. The molecule has 1 aliphatic rings. The van der Waals surface area contributed by atoms with Crippen LogP contribution in [0.2, 0.25) is 0 Å². The Labute approximate surface area is 269 Å². The molecule has 0 saturated heterocycles. The summed E-state index contributed by atoms with van der Waals surface area (Å²) >= 11 is 0. The van der Waals surface area contributed by atoms with Crippen LogP contribution >= 0.6 is 0 Å². The highest BCUT2D eigenvalue weighted by molar-refractivity contribution is 6.05. The zero-order valence-corrected chi connectivity index (χ0v) is 25.8. The molecule has 0 aliphatic carbocycles. The molecule has 0 spiro atoms. The Bertz CT molecular complexity index is 1980. The lowest BCUT2D eigenvalue weighted by Crippen LogP contribution is -2.35. The number of benzene rings is 6. The number of fused-ring (bicyclic) bond motifs is 1. The number of hydrogen-bond acceptors (Lipinski definition) is 5. The molecule has 6 heteroatoms. The molecule has 0 unspecified atom stereocenters. The first-order valence-electron chi connectivity index (χ1n) is 15.0. The molecule has 7 rings (SSSR count). The molecule has 1 heterocycles. The van der Waals surface area contributed by atoms with Gasteiger partial charge in [0, 0.05) is 5.56 Å². The van der Waals surface area contributed by atoms with E-state index in [1.54, 1.807) is 21.3 Å². The second-order valence-electron chi connectivity index (χ2n) is 10.9. The Hall–Kier alpha value is -6.01. The Balaban J connectivity index is 1.24. The van der Waals surface area contributed by atoms with E-state index in [9.17, 15) is 0 Å². The number of ether oxygens (including phenoxy) is 3. The van der Waals surface area contributed by atoms with Gasteiger partial charge in [0.1, 0.15) is 17.2 Å². The summed E-state index contributed by atoms with van der Waals surface area (Å²) in [7, 11) is 5.03. The maximum atomic E-state index is 5.37. The highest BCUT2D eigenvalue weighted by atomic mass is 16.5. The van der Waals surface area contributed by atoms with E-state index in [0.717, 1.165) is 73.3 Å². The van der Waals surface area contributed by atoms with Gasteiger partial charge in [0.2, 0.25) is 0 Å². The smallest absolute Gasteiger partial charge is 0.180 e. The topological polar surface area (TPSA) is 57.4 Å². The molecular weight excluding hydrogens is 570 g/mol. The highest BCUT2D eigenvalue weighted by Crippen LogP contribution is 2.40. The summed E-state index contributed by atoms with van der Waals surface area (Å²) in [5, 5.41) is 1.99. The zero-order valence-electron chi connectivity index (χ0n) is 25.8. The van der Waals surface area contributed by atoms with Gasteiger partial charge in [-0.25, -0.2) is 10.0 Å². The number of amidine groups is 1. The maximum Gasteiger partial charge on any atom is 0.180 e. The molecule has 6 aromatic carbocycles. The van der Waals surface area contributed by atoms with Crippen molar-refractivity contribution in [1.82, 2.24) is 5.43 Å². The minimum absolute atomic E-state index is 0.644. The molecule has 0 atom stereocenters. The number of methoxy groups -OCH3 is 3. The van der Waals surface area contributed by atoms with Crippen LogP contribution < -0.4 is 24.6 Å². The van der Waals surface area contributed by atoms with Crippen molar-refractivity contribution in [2.24, 2.45) is 4.99 Å². The third-order valence-electron chi connectivity index (χ3n) is 8.15. The quantitative estimate of drug-likeness (QED) is 0.174. The van der Waals surface area contributed by atoms with Crippen LogP contribution in [0.4, 0.5) is 17.1 Å². The Morgan fingerprint density at radius 1 is 0.413 bits per heavy atom. The van der Waals surface area contributed by atoms with Gasteiger partial charge in [0.25, 0.3) is 0 Å². The Morgan fingerprint density at radius 3 is 1.24 bits per heavy atom. The normalized spacial score (nSPS) is 12.1. The van der Waals surface area contributed by atoms with Gasteiger partial charge in [-0.1, -0.05) is 78.9 Å². The van der Waals surface area contributed by atoms with Crippen molar-refractivity contribution in [1.29, 1.82) is 0 Å². The minimum Gasteiger partial charge on any atom is -0.497 e. The van der Waals surface area contributed by atoms with Gasteiger partial charge in [0.05, 0.1) is 38.4 Å². The van der Waals surface area contributed by atoms with Crippen LogP contribution in [0.5, 0.6) is 17.2 Å². The van der Waals surface area contributed by atoms with Crippen LogP contribution in [0.15, 0.2) is 145 Å². The van der Waals surface area contributed by atoms with Crippen molar-refractivity contribution < 1.29 is 14.2 Å². The number of rotatable bonds is 8. The molecule has 6 aromatic rings. The van der Waals surface area contributed by atoms with E-state index < -0.39 is 0 Å². The van der Waals surface area contributed by atoms with E-state index in [1.165, 1.54) is 0 Å². The van der Waals surface area contributed by atoms with Crippen LogP contribution in [0.25, 0.3) is 33.4 Å². The average Bonchev–Trinajstić information content (AvgIpc) is 3.14. The summed E-state index contributed by atoms with van der Waals surface area (Å²) in [4.78, 5) is 5.02. The molecule has 46 heavy (non-hydrogen) atoms. The number of anilines is 2. The van der Waals surface area contributed by atoms with Gasteiger partial charge in [0.15, 0.2) is 5.84 Å². The lowest BCUT2D eigenvalue weighted by Gasteiger charge is -2.29. The van der Waals surface area contributed by atoms with Gasteiger partial charge in [-0.2, -0.15) is 0 Å². The summed E-state index contributed by atoms with van der Waals surface area (Å²) in [6.07, 6.45) is 0. The third kappa shape index (κ3) is 5.76. The largest absolute Gasteiger partial charge is 0.497 e. The molecule has 0 N–H and O–H groups in total. The van der Waals surface area contributed by atoms with Crippen molar-refractivity contribution in [2.75, 3.05) is 26.3 Å². The van der Waals surface area contributed by atoms with E-state index in [-0.39, 0.29) is 0 Å². The van der Waals surface area contributed by atoms with Crippen LogP contribution in [0, 0.1) is 0 Å². The molecular formula is C40H32N3O3. The zero-order chi connectivity index (χ0) is 31.5. The standard InChI is InChI=1S/C40H32N3O3/c1-44-35-19-10-29(11-20-35)27-4-6-32(7-5-27)40-41-38-25-16-33(31-14-23-37(46-3)24-15-31)26-39(38)43(42-40)34-17-8-28(9-18-34)30-12-21-36(45-2)22-13-30/h4-26H,1-3H3. The lowest BCUT2D eigenvalue weighted by atomic mass is 10.0. The first-order valence-corrected chi connectivity index (χ1v) is 15.0. The summed E-state index contributed by atoms with van der Waals surface area (Å²) in [6.45, 7) is 0. The lowest BCUT2D eigenvalue weighted by molar-refractivity contribution is 0.415. The number of nitrogens with zero attached hydrogens (tertiary/aromatic N) is 3. The van der Waals surface area contributed by atoms with Gasteiger partial charge in [-0.05, 0) is 94.0 Å². The third-order valence-corrected chi connectivity index (χ3v) is 8.15. The van der Waals surface area contributed by atoms with Gasteiger partial charge in [-0.15, -0.1) is 5.43 Å². The molecule has 0 fully saturated rings. The van der Waals surface area contributed by atoms with E-state index in [1.807, 2.05) is 41.4 Å². The predicted molar refractivity (Wildman–Crippen MR) is 186 cm³/mol. The van der Waals surface area contributed by atoms with Crippen LogP contribution in [0.3, 0.4) is 0 Å². The summed E-state index contributed by atoms with van der Waals surface area (Å²) in [5.41, 5.74) is 15.3. The molecule has 0 saturated carbocycles. The van der Waals surface area contributed by atoms with Gasteiger partial charge < -0.3 is 14.2 Å². The Morgan fingerprint density at radius 2 is 0.783 bits per heavy atom. The maximum absolute atomic E-state index is 5.37. The summed E-state index contributed by atoms with van der Waals surface area (Å²) < 4.78 is 16.0. The molecule has 0 amide bonds. The number of hydrogen-bond donors (Lipinski definition) is 0. The summed E-state index contributed by atoms with van der Waals surface area (Å²) in [5.74, 6) is 3.13. The fraction of sp³-hybridized carbons (Fsp3) is 0.0750. The van der Waals surface area contributed by atoms with Crippen LogP contribution in [-0.2, 0) is 0 Å². The monoisotopic (exact) mass is 602 g/mol. The minimum atomic E-state index is 0.644. The van der Waals surface area contributed by atoms with Gasteiger partial charge in [-0.3, -0.25) is 0 Å². The SMILES string of the molecule is COc1ccc(-c2ccc(C3=Nc4ccc(-c5ccc(OC)cc5)cc4N(c4ccc(-c5ccc(OC)cc5)cc4)[N]3)cc2)cc1. The van der Waals surface area contributed by atoms with E-state index in [4.69, 9.17) is 24.6 Å². The number of aliphatic imine (C=N–C) groups is 1. The highest BCUT2D eigenvalue weighted by Gasteiger charge is 2.24. The first-order chi connectivity index (χ1) is 22.6. The van der Waals surface area contributed by atoms with E-state index >= 15 is 0 Å². The van der Waals surface area contributed by atoms with Crippen molar-refractivity contribution >= 4 is 22.9 Å². The van der Waals surface area contributed by atoms with Crippen molar-refractivity contribution in [3.8, 4) is 50.6 Å². The molecule has 1 aliphatic heterocycles. The van der Waals surface area contributed by atoms with E-state index in [2.05, 4.69) is 103 Å². The average molecular weight is 603 g/mol. The fourth-order valence-corrected chi connectivity index (χ4v) is 5.53. The second-order valence-corrected chi connectivity index (χ2v) is 10.9. The van der Waals surface area contributed by atoms with Crippen LogP contribution in [-0.4, -0.2) is 27.2 Å². The van der Waals surface area contributed by atoms with Crippen molar-refractivity contribution in [3.05, 3.63) is 145 Å². The molecule has 0 bridgehead atoms. The van der Waals surface area contributed by atoms with E-state index in [0.29, 0.717) is 5.84 Å². The van der Waals surface area contributed by atoms with Gasteiger partial charge >= 0.3 is 0 Å². The predicted octanol–water partition coefficient (Wildman–Crippen LogP) is 9.46. The molecule has 0 aromatic heterocycles. The molecule has 1 radical (unpaired) electrons. The van der Waals surface area contributed by atoms with Crippen molar-refractivity contribution in [2.45, 2.75) is 0 Å².